The standard InChI is InChI=1S/C19H13ClF9N5O3/c1-33-14(5-13(31-33)17(21,22)23)16(18(24,25)26)6-11(32-37-16)9-2-3-10(20)12(4-9)34(8-35)7-15(36)30-19(27,28)29/h2-5,8H,6-7H2,1H3,(H,30,36). The third-order valence-electron chi connectivity index (χ3n) is 5.08. The number of carbonyl (C=O) groups is 2. The SMILES string of the molecule is Cn1nc(C(F)(F)F)cc1C1(C(F)(F)F)CC(c2ccc(Cl)c(N(C=O)CC(=O)NC(F)(F)F)c2)=NO1. The van der Waals surface area contributed by atoms with E-state index in [4.69, 9.17) is 11.6 Å². The Kier molecular flexibility index (Phi) is 7.15. The van der Waals surface area contributed by atoms with Gasteiger partial charge in [-0.3, -0.25) is 19.6 Å². The lowest BCUT2D eigenvalue weighted by atomic mass is 9.90. The number of benzene rings is 1. The van der Waals surface area contributed by atoms with Crippen LogP contribution in [0.15, 0.2) is 29.4 Å². The number of hydrogen-bond acceptors (Lipinski definition) is 5. The van der Waals surface area contributed by atoms with Gasteiger partial charge in [-0.2, -0.15) is 44.6 Å². The molecule has 3 rings (SSSR count). The van der Waals surface area contributed by atoms with E-state index in [2.05, 4.69) is 15.1 Å². The normalized spacial score (nSPS) is 18.3. The van der Waals surface area contributed by atoms with Crippen LogP contribution in [0.5, 0.6) is 0 Å². The number of anilines is 1. The lowest BCUT2D eigenvalue weighted by Crippen LogP contribution is -2.44. The Morgan fingerprint density at radius 3 is 2.35 bits per heavy atom. The van der Waals surface area contributed by atoms with E-state index in [9.17, 15) is 49.1 Å². The molecule has 0 spiro atoms. The molecule has 202 valence electrons. The first-order chi connectivity index (χ1) is 16.9. The molecule has 2 amide bonds. The maximum atomic E-state index is 14.1. The molecule has 1 aromatic heterocycles. The van der Waals surface area contributed by atoms with E-state index >= 15 is 0 Å². The number of aromatic nitrogens is 2. The van der Waals surface area contributed by atoms with Crippen molar-refractivity contribution in [1.82, 2.24) is 15.1 Å². The zero-order chi connectivity index (χ0) is 28.0. The van der Waals surface area contributed by atoms with Crippen LogP contribution < -0.4 is 10.2 Å². The number of aryl methyl sites for hydroxylation is 1. The highest BCUT2D eigenvalue weighted by atomic mass is 35.5. The highest BCUT2D eigenvalue weighted by Gasteiger charge is 2.64. The summed E-state index contributed by atoms with van der Waals surface area (Å²) in [7, 11) is 0.855. The van der Waals surface area contributed by atoms with Gasteiger partial charge in [0, 0.05) is 12.6 Å². The largest absolute Gasteiger partial charge is 0.484 e. The summed E-state index contributed by atoms with van der Waals surface area (Å²) in [5.41, 5.74) is -6.96. The van der Waals surface area contributed by atoms with Gasteiger partial charge in [-0.25, -0.2) is 0 Å². The second kappa shape index (κ2) is 9.42. The van der Waals surface area contributed by atoms with Crippen LogP contribution in [-0.2, 0) is 33.3 Å². The molecule has 1 atom stereocenters. The summed E-state index contributed by atoms with van der Waals surface area (Å²) < 4.78 is 119. The van der Waals surface area contributed by atoms with Crippen molar-refractivity contribution in [3.63, 3.8) is 0 Å². The summed E-state index contributed by atoms with van der Waals surface area (Å²) in [6.07, 6.45) is -16.6. The summed E-state index contributed by atoms with van der Waals surface area (Å²) >= 11 is 5.96. The number of nitrogens with one attached hydrogen (secondary N) is 1. The molecule has 37 heavy (non-hydrogen) atoms. The zero-order valence-corrected chi connectivity index (χ0v) is 18.9. The third kappa shape index (κ3) is 5.75. The molecular weight excluding hydrogens is 553 g/mol. The molecule has 18 heteroatoms. The fraction of sp³-hybridized carbons (Fsp3) is 0.368. The van der Waals surface area contributed by atoms with E-state index in [0.29, 0.717) is 14.9 Å². The van der Waals surface area contributed by atoms with Crippen molar-refractivity contribution in [3.05, 3.63) is 46.2 Å². The van der Waals surface area contributed by atoms with E-state index in [1.807, 2.05) is 0 Å². The molecule has 0 saturated heterocycles. The predicted molar refractivity (Wildman–Crippen MR) is 107 cm³/mol. The summed E-state index contributed by atoms with van der Waals surface area (Å²) in [5, 5.41) is 6.85. The number of rotatable bonds is 6. The van der Waals surface area contributed by atoms with Crippen LogP contribution in [0, 0.1) is 0 Å². The van der Waals surface area contributed by atoms with Crippen molar-refractivity contribution >= 4 is 35.3 Å². The molecular formula is C19H13ClF9N5O3. The molecule has 0 saturated carbocycles. The Hall–Kier alpha value is -3.50. The smallest absolute Gasteiger partial charge is 0.372 e. The Morgan fingerprint density at radius 2 is 1.84 bits per heavy atom. The second-order valence-electron chi connectivity index (χ2n) is 7.61. The molecule has 1 N–H and O–H groups in total. The van der Waals surface area contributed by atoms with Crippen molar-refractivity contribution in [1.29, 1.82) is 0 Å². The molecule has 1 unspecified atom stereocenters. The maximum Gasteiger partial charge on any atom is 0.484 e. The summed E-state index contributed by atoms with van der Waals surface area (Å²) in [4.78, 5) is 28.1. The number of halogens is 10. The Labute approximate surface area is 205 Å². The Bertz CT molecular complexity index is 1240. The van der Waals surface area contributed by atoms with Crippen LogP contribution in [0.25, 0.3) is 0 Å². The molecule has 2 aromatic rings. The van der Waals surface area contributed by atoms with Gasteiger partial charge in [0.25, 0.3) is 5.60 Å². The molecule has 1 aliphatic rings. The Balaban J connectivity index is 1.96. The number of alkyl halides is 9. The quantitative estimate of drug-likeness (QED) is 0.322. The van der Waals surface area contributed by atoms with Crippen LogP contribution in [0.2, 0.25) is 5.02 Å². The Morgan fingerprint density at radius 1 is 1.19 bits per heavy atom. The van der Waals surface area contributed by atoms with E-state index in [1.165, 1.54) is 0 Å². The van der Waals surface area contributed by atoms with E-state index in [1.54, 1.807) is 0 Å². The van der Waals surface area contributed by atoms with E-state index < -0.39 is 60.2 Å². The number of oxime groups is 1. The van der Waals surface area contributed by atoms with Gasteiger partial charge in [0.2, 0.25) is 12.3 Å². The fourth-order valence-corrected chi connectivity index (χ4v) is 3.68. The summed E-state index contributed by atoms with van der Waals surface area (Å²) in [6.45, 7) is -1.16. The summed E-state index contributed by atoms with van der Waals surface area (Å²) in [6, 6.07) is 3.32. The van der Waals surface area contributed by atoms with Crippen molar-refractivity contribution in [2.24, 2.45) is 12.2 Å². The predicted octanol–water partition coefficient (Wildman–Crippen LogP) is 4.27. The maximum absolute atomic E-state index is 14.1. The fourth-order valence-electron chi connectivity index (χ4n) is 3.45. The first-order valence-electron chi connectivity index (χ1n) is 9.71. The van der Waals surface area contributed by atoms with Crippen LogP contribution in [-0.4, -0.2) is 46.8 Å². The molecule has 0 bridgehead atoms. The minimum absolute atomic E-state index is 0.0395. The third-order valence-corrected chi connectivity index (χ3v) is 5.40. The van der Waals surface area contributed by atoms with Crippen molar-refractivity contribution < 1.29 is 53.9 Å². The van der Waals surface area contributed by atoms with E-state index in [0.717, 1.165) is 25.2 Å². The van der Waals surface area contributed by atoms with Gasteiger partial charge in [0.05, 0.1) is 28.5 Å². The summed E-state index contributed by atoms with van der Waals surface area (Å²) in [5.74, 6) is -1.64. The highest BCUT2D eigenvalue weighted by Crippen LogP contribution is 2.49. The highest BCUT2D eigenvalue weighted by molar-refractivity contribution is 6.34. The van der Waals surface area contributed by atoms with Crippen molar-refractivity contribution in [2.75, 3.05) is 11.4 Å². The molecule has 8 nitrogen and oxygen atoms in total. The van der Waals surface area contributed by atoms with Crippen LogP contribution in [0.3, 0.4) is 0 Å². The minimum atomic E-state index is -5.28. The van der Waals surface area contributed by atoms with Gasteiger partial charge in [-0.05, 0) is 18.2 Å². The number of carbonyl (C=O) groups excluding carboxylic acids is 2. The number of hydrogen-bond donors (Lipinski definition) is 1. The van der Waals surface area contributed by atoms with Crippen molar-refractivity contribution in [3.8, 4) is 0 Å². The lowest BCUT2D eigenvalue weighted by molar-refractivity contribution is -0.278. The molecule has 2 heterocycles. The van der Waals surface area contributed by atoms with Gasteiger partial charge in [0.1, 0.15) is 6.54 Å². The first kappa shape index (κ1) is 28.1. The van der Waals surface area contributed by atoms with Crippen LogP contribution in [0.1, 0.15) is 23.4 Å². The number of nitrogens with zero attached hydrogens (tertiary/aromatic N) is 4. The van der Waals surface area contributed by atoms with Crippen LogP contribution in [0.4, 0.5) is 45.2 Å². The molecule has 0 radical (unpaired) electrons. The van der Waals surface area contributed by atoms with Gasteiger partial charge < -0.3 is 9.74 Å². The monoisotopic (exact) mass is 565 g/mol. The van der Waals surface area contributed by atoms with Gasteiger partial charge in [-0.1, -0.05) is 22.8 Å². The molecule has 0 fully saturated rings. The average molecular weight is 566 g/mol. The first-order valence-corrected chi connectivity index (χ1v) is 10.1. The second-order valence-corrected chi connectivity index (χ2v) is 8.02. The molecule has 1 aliphatic heterocycles. The van der Waals surface area contributed by atoms with Gasteiger partial charge in [-0.15, -0.1) is 0 Å². The topological polar surface area (TPSA) is 88.8 Å². The van der Waals surface area contributed by atoms with Crippen LogP contribution >= 0.6 is 11.6 Å². The lowest BCUT2D eigenvalue weighted by Gasteiger charge is -2.29. The van der Waals surface area contributed by atoms with E-state index in [-0.39, 0.29) is 28.7 Å². The van der Waals surface area contributed by atoms with Gasteiger partial charge in [0.15, 0.2) is 5.69 Å². The zero-order valence-electron chi connectivity index (χ0n) is 18.1. The molecule has 1 aromatic carbocycles. The number of amides is 2. The molecule has 0 aliphatic carbocycles. The van der Waals surface area contributed by atoms with Crippen molar-refractivity contribution in [2.45, 2.75) is 30.7 Å². The minimum Gasteiger partial charge on any atom is -0.372 e. The average Bonchev–Trinajstić information content (AvgIpc) is 3.36. The van der Waals surface area contributed by atoms with Gasteiger partial charge >= 0.3 is 18.7 Å².